The lowest BCUT2D eigenvalue weighted by atomic mass is 10.1. The molecule has 0 bridgehead atoms. The summed E-state index contributed by atoms with van der Waals surface area (Å²) in [6.07, 6.45) is 2.76. The third-order valence-electron chi connectivity index (χ3n) is 3.73. The minimum atomic E-state index is -0.886. The summed E-state index contributed by atoms with van der Waals surface area (Å²) in [6.45, 7) is 1.55. The number of nitrogens with zero attached hydrogens (tertiary/aromatic N) is 1. The topological polar surface area (TPSA) is 63.2 Å². The van der Waals surface area contributed by atoms with Crippen molar-refractivity contribution in [2.24, 2.45) is 0 Å². The maximum atomic E-state index is 14.2. The molecule has 0 radical (unpaired) electrons. The number of nitrogens with one attached hydrogen (secondary N) is 2. The summed E-state index contributed by atoms with van der Waals surface area (Å²) in [5.74, 6) is -2.24. The SMILES string of the molecule is O=C(Nc1c(F)cc(F)cc1OC1CCNCC1)c1ccccn1. The number of carbonyl (C=O) groups excluding carboxylic acids is 1. The van der Waals surface area contributed by atoms with E-state index in [1.54, 1.807) is 12.1 Å². The van der Waals surface area contributed by atoms with Crippen molar-refractivity contribution in [1.82, 2.24) is 10.3 Å². The van der Waals surface area contributed by atoms with Gasteiger partial charge in [-0.1, -0.05) is 6.07 Å². The van der Waals surface area contributed by atoms with E-state index >= 15 is 0 Å². The summed E-state index contributed by atoms with van der Waals surface area (Å²) in [7, 11) is 0. The monoisotopic (exact) mass is 333 g/mol. The number of anilines is 1. The molecule has 3 rings (SSSR count). The molecule has 0 aliphatic carbocycles. The highest BCUT2D eigenvalue weighted by Crippen LogP contribution is 2.31. The Labute approximate surface area is 138 Å². The first kappa shape index (κ1) is 16.3. The predicted molar refractivity (Wildman–Crippen MR) is 85.1 cm³/mol. The Morgan fingerprint density at radius 3 is 2.75 bits per heavy atom. The number of pyridine rings is 1. The van der Waals surface area contributed by atoms with Crippen LogP contribution in [-0.4, -0.2) is 30.1 Å². The Balaban J connectivity index is 1.84. The molecule has 0 atom stereocenters. The molecule has 1 aromatic heterocycles. The Hall–Kier alpha value is -2.54. The van der Waals surface area contributed by atoms with E-state index in [1.807, 2.05) is 0 Å². The van der Waals surface area contributed by atoms with Gasteiger partial charge in [0.1, 0.15) is 29.1 Å². The third-order valence-corrected chi connectivity index (χ3v) is 3.73. The number of piperidine rings is 1. The maximum Gasteiger partial charge on any atom is 0.274 e. The fourth-order valence-electron chi connectivity index (χ4n) is 2.53. The van der Waals surface area contributed by atoms with Crippen molar-refractivity contribution < 1.29 is 18.3 Å². The zero-order valence-corrected chi connectivity index (χ0v) is 12.9. The van der Waals surface area contributed by atoms with Crippen molar-refractivity contribution in [3.8, 4) is 5.75 Å². The second-order valence-electron chi connectivity index (χ2n) is 5.50. The van der Waals surface area contributed by atoms with Crippen LogP contribution in [0.3, 0.4) is 0 Å². The molecule has 7 heteroatoms. The largest absolute Gasteiger partial charge is 0.488 e. The summed E-state index contributed by atoms with van der Waals surface area (Å²) >= 11 is 0. The zero-order chi connectivity index (χ0) is 16.9. The van der Waals surface area contributed by atoms with Crippen LogP contribution in [0.2, 0.25) is 0 Å². The standard InChI is InChI=1S/C17H17F2N3O2/c18-11-9-13(19)16(22-17(23)14-3-1-2-6-21-14)15(10-11)24-12-4-7-20-8-5-12/h1-3,6,9-10,12,20H,4-5,7-8H2,(H,22,23). The van der Waals surface area contributed by atoms with Gasteiger partial charge in [-0.25, -0.2) is 8.78 Å². The second kappa shape index (κ2) is 7.35. The molecule has 1 aliphatic rings. The molecule has 1 aromatic carbocycles. The quantitative estimate of drug-likeness (QED) is 0.903. The smallest absolute Gasteiger partial charge is 0.274 e. The van der Waals surface area contributed by atoms with Crippen molar-refractivity contribution in [2.75, 3.05) is 18.4 Å². The number of rotatable bonds is 4. The molecule has 1 fully saturated rings. The highest BCUT2D eigenvalue weighted by molar-refractivity contribution is 6.03. The summed E-state index contributed by atoms with van der Waals surface area (Å²) in [6, 6.07) is 6.61. The zero-order valence-electron chi connectivity index (χ0n) is 12.9. The average Bonchev–Trinajstić information content (AvgIpc) is 2.59. The van der Waals surface area contributed by atoms with E-state index < -0.39 is 17.5 Å². The number of halogens is 2. The van der Waals surface area contributed by atoms with Crippen molar-refractivity contribution in [1.29, 1.82) is 0 Å². The van der Waals surface area contributed by atoms with Crippen molar-refractivity contribution in [3.05, 3.63) is 53.9 Å². The third kappa shape index (κ3) is 3.86. The van der Waals surface area contributed by atoms with E-state index in [2.05, 4.69) is 15.6 Å². The normalized spacial score (nSPS) is 15.1. The fourth-order valence-corrected chi connectivity index (χ4v) is 2.53. The van der Waals surface area contributed by atoms with E-state index in [9.17, 15) is 13.6 Å². The Morgan fingerprint density at radius 2 is 2.04 bits per heavy atom. The van der Waals surface area contributed by atoms with Gasteiger partial charge < -0.3 is 15.4 Å². The number of amides is 1. The van der Waals surface area contributed by atoms with E-state index in [4.69, 9.17) is 4.74 Å². The molecular weight excluding hydrogens is 316 g/mol. The first-order valence-electron chi connectivity index (χ1n) is 7.72. The van der Waals surface area contributed by atoms with Gasteiger partial charge in [0.2, 0.25) is 0 Å². The number of carbonyl (C=O) groups is 1. The molecule has 2 N–H and O–H groups in total. The first-order chi connectivity index (χ1) is 11.6. The predicted octanol–water partition coefficient (Wildman–Crippen LogP) is 2.74. The lowest BCUT2D eigenvalue weighted by molar-refractivity contribution is 0.102. The summed E-state index contributed by atoms with van der Waals surface area (Å²) in [5, 5.41) is 5.61. The lowest BCUT2D eigenvalue weighted by Gasteiger charge is -2.25. The highest BCUT2D eigenvalue weighted by Gasteiger charge is 2.21. The van der Waals surface area contributed by atoms with Gasteiger partial charge >= 0.3 is 0 Å². The number of hydrogen-bond donors (Lipinski definition) is 2. The van der Waals surface area contributed by atoms with Gasteiger partial charge in [0, 0.05) is 18.3 Å². The van der Waals surface area contributed by atoms with Crippen molar-refractivity contribution in [2.45, 2.75) is 18.9 Å². The van der Waals surface area contributed by atoms with Crippen LogP contribution < -0.4 is 15.4 Å². The molecule has 2 heterocycles. The molecule has 1 aliphatic heterocycles. The van der Waals surface area contributed by atoms with Gasteiger partial charge in [0.25, 0.3) is 5.91 Å². The van der Waals surface area contributed by atoms with Gasteiger partial charge in [-0.15, -0.1) is 0 Å². The number of aromatic nitrogens is 1. The molecular formula is C17H17F2N3O2. The van der Waals surface area contributed by atoms with Crippen LogP contribution in [0.5, 0.6) is 5.75 Å². The molecule has 24 heavy (non-hydrogen) atoms. The summed E-state index contributed by atoms with van der Waals surface area (Å²) < 4.78 is 33.5. The van der Waals surface area contributed by atoms with Crippen LogP contribution >= 0.6 is 0 Å². The van der Waals surface area contributed by atoms with Gasteiger partial charge in [0.15, 0.2) is 5.82 Å². The van der Waals surface area contributed by atoms with Gasteiger partial charge in [-0.05, 0) is 38.1 Å². The molecule has 126 valence electrons. The molecule has 0 saturated carbocycles. The van der Waals surface area contributed by atoms with Crippen LogP contribution in [-0.2, 0) is 0 Å². The van der Waals surface area contributed by atoms with Crippen LogP contribution in [0.25, 0.3) is 0 Å². The van der Waals surface area contributed by atoms with Crippen LogP contribution in [0.1, 0.15) is 23.3 Å². The minimum Gasteiger partial charge on any atom is -0.488 e. The minimum absolute atomic E-state index is 0.0105. The second-order valence-corrected chi connectivity index (χ2v) is 5.50. The summed E-state index contributed by atoms with van der Waals surface area (Å²) in [4.78, 5) is 16.1. The Kier molecular flexibility index (Phi) is 5.00. The van der Waals surface area contributed by atoms with Crippen molar-refractivity contribution in [3.63, 3.8) is 0 Å². The molecule has 0 unspecified atom stereocenters. The highest BCUT2D eigenvalue weighted by atomic mass is 19.1. The molecule has 0 spiro atoms. The van der Waals surface area contributed by atoms with E-state index in [1.165, 1.54) is 12.3 Å². The molecule has 5 nitrogen and oxygen atoms in total. The Bertz CT molecular complexity index is 719. The van der Waals surface area contributed by atoms with Gasteiger partial charge in [0.05, 0.1) is 0 Å². The molecule has 1 saturated heterocycles. The summed E-state index contributed by atoms with van der Waals surface area (Å²) in [5.41, 5.74) is -0.0420. The van der Waals surface area contributed by atoms with Crippen molar-refractivity contribution >= 4 is 11.6 Å². The van der Waals surface area contributed by atoms with E-state index in [0.29, 0.717) is 6.07 Å². The van der Waals surface area contributed by atoms with Crippen LogP contribution in [0.15, 0.2) is 36.5 Å². The van der Waals surface area contributed by atoms with E-state index in [-0.39, 0.29) is 23.2 Å². The maximum absolute atomic E-state index is 14.2. The van der Waals surface area contributed by atoms with Crippen LogP contribution in [0.4, 0.5) is 14.5 Å². The first-order valence-corrected chi connectivity index (χ1v) is 7.72. The molecule has 1 amide bonds. The molecule has 2 aromatic rings. The average molecular weight is 333 g/mol. The van der Waals surface area contributed by atoms with Gasteiger partial charge in [-0.2, -0.15) is 0 Å². The van der Waals surface area contributed by atoms with E-state index in [0.717, 1.165) is 32.0 Å². The lowest BCUT2D eigenvalue weighted by Crippen LogP contribution is -2.34. The Morgan fingerprint density at radius 1 is 1.25 bits per heavy atom. The van der Waals surface area contributed by atoms with Crippen LogP contribution in [0, 0.1) is 11.6 Å². The number of ether oxygens (including phenoxy) is 1. The fraction of sp³-hybridized carbons (Fsp3) is 0.294. The van der Waals surface area contributed by atoms with Gasteiger partial charge in [-0.3, -0.25) is 9.78 Å². The number of benzene rings is 1. The number of hydrogen-bond acceptors (Lipinski definition) is 4.